The van der Waals surface area contributed by atoms with Crippen molar-refractivity contribution in [3.8, 4) is 11.5 Å². The lowest BCUT2D eigenvalue weighted by Gasteiger charge is -2.13. The van der Waals surface area contributed by atoms with Gasteiger partial charge in [-0.25, -0.2) is 4.98 Å². The molecule has 33 heavy (non-hydrogen) atoms. The summed E-state index contributed by atoms with van der Waals surface area (Å²) in [5.74, 6) is 2.26. The van der Waals surface area contributed by atoms with Crippen LogP contribution < -0.4 is 14.8 Å². The molecule has 0 aliphatic carbocycles. The Balaban J connectivity index is 1.36. The first-order chi connectivity index (χ1) is 16.1. The highest BCUT2D eigenvalue weighted by Gasteiger charge is 2.12. The fraction of sp³-hybridized carbons (Fsp3) is 0.259. The number of fused-ring (bicyclic) bond motifs is 1. The lowest BCUT2D eigenvalue weighted by molar-refractivity contribution is -0.123. The summed E-state index contributed by atoms with van der Waals surface area (Å²) in [5, 5.41) is 2.92. The second-order valence-corrected chi connectivity index (χ2v) is 7.97. The minimum atomic E-state index is -0.184. The molecule has 0 atom stereocenters. The molecule has 1 N–H and O–H groups in total. The van der Waals surface area contributed by atoms with Gasteiger partial charge in [0, 0.05) is 6.54 Å². The number of nitrogens with zero attached hydrogens (tertiary/aromatic N) is 2. The molecule has 0 radical (unpaired) electrons. The predicted octanol–water partition coefficient (Wildman–Crippen LogP) is 4.82. The number of hydrogen-bond acceptors (Lipinski definition) is 4. The third-order valence-corrected chi connectivity index (χ3v) is 5.47. The highest BCUT2D eigenvalue weighted by molar-refractivity contribution is 5.78. The van der Waals surface area contributed by atoms with Gasteiger partial charge in [0.2, 0.25) is 0 Å². The molecule has 0 bridgehead atoms. The maximum Gasteiger partial charge on any atom is 0.258 e. The molecule has 6 nitrogen and oxygen atoms in total. The van der Waals surface area contributed by atoms with Crippen LogP contribution in [0.3, 0.4) is 0 Å². The number of amides is 1. The van der Waals surface area contributed by atoms with Gasteiger partial charge in [0.15, 0.2) is 6.61 Å². The van der Waals surface area contributed by atoms with Crippen molar-refractivity contribution in [1.29, 1.82) is 0 Å². The Hall–Kier alpha value is -3.80. The molecule has 0 fully saturated rings. The lowest BCUT2D eigenvalue weighted by atomic mass is 10.1. The van der Waals surface area contributed by atoms with Gasteiger partial charge in [-0.3, -0.25) is 4.79 Å². The van der Waals surface area contributed by atoms with Crippen LogP contribution in [0.2, 0.25) is 0 Å². The molecule has 4 rings (SSSR count). The fourth-order valence-corrected chi connectivity index (χ4v) is 3.83. The Kier molecular flexibility index (Phi) is 7.25. The van der Waals surface area contributed by atoms with Crippen LogP contribution in [0.5, 0.6) is 11.5 Å². The highest BCUT2D eigenvalue weighted by atomic mass is 16.5. The number of nitrogens with one attached hydrogen (secondary N) is 1. The van der Waals surface area contributed by atoms with E-state index in [-0.39, 0.29) is 12.5 Å². The standard InChI is InChI=1S/C27H29N3O3/c1-20-10-8-11-21(2)27(20)32-17-9-16-30-24-15-7-6-14-23(24)29-25(30)18-28-26(31)19-33-22-12-4-3-5-13-22/h3-8,10-15H,9,16-19H2,1-2H3,(H,28,31). The third-order valence-electron chi connectivity index (χ3n) is 5.47. The molecule has 0 saturated heterocycles. The first-order valence-electron chi connectivity index (χ1n) is 11.2. The molecule has 0 unspecified atom stereocenters. The van der Waals surface area contributed by atoms with Crippen molar-refractivity contribution in [2.24, 2.45) is 0 Å². The number of aromatic nitrogens is 2. The summed E-state index contributed by atoms with van der Waals surface area (Å²) in [6.07, 6.45) is 0.826. The molecule has 4 aromatic rings. The van der Waals surface area contributed by atoms with Gasteiger partial charge in [-0.05, 0) is 55.7 Å². The number of carbonyl (C=O) groups excluding carboxylic acids is 1. The maximum atomic E-state index is 12.3. The normalized spacial score (nSPS) is 10.8. The first-order valence-corrected chi connectivity index (χ1v) is 11.2. The van der Waals surface area contributed by atoms with Crippen LogP contribution >= 0.6 is 0 Å². The summed E-state index contributed by atoms with van der Waals surface area (Å²) in [7, 11) is 0. The van der Waals surface area contributed by atoms with Crippen LogP contribution in [0.4, 0.5) is 0 Å². The van der Waals surface area contributed by atoms with E-state index in [1.54, 1.807) is 0 Å². The van der Waals surface area contributed by atoms with Gasteiger partial charge in [-0.2, -0.15) is 0 Å². The van der Waals surface area contributed by atoms with Crippen molar-refractivity contribution in [2.75, 3.05) is 13.2 Å². The Bertz CT molecular complexity index is 1200. The number of benzene rings is 3. The maximum absolute atomic E-state index is 12.3. The van der Waals surface area contributed by atoms with E-state index in [0.29, 0.717) is 18.9 Å². The Morgan fingerprint density at radius 1 is 0.909 bits per heavy atom. The number of para-hydroxylation sites is 4. The molecule has 3 aromatic carbocycles. The van der Waals surface area contributed by atoms with Crippen LogP contribution in [-0.4, -0.2) is 28.7 Å². The van der Waals surface area contributed by atoms with Gasteiger partial charge < -0.3 is 19.4 Å². The molecular formula is C27H29N3O3. The van der Waals surface area contributed by atoms with E-state index in [1.807, 2.05) is 54.6 Å². The lowest BCUT2D eigenvalue weighted by Crippen LogP contribution is -2.29. The number of carbonyl (C=O) groups is 1. The van der Waals surface area contributed by atoms with Gasteiger partial charge in [-0.1, -0.05) is 48.5 Å². The molecule has 0 saturated carbocycles. The first kappa shape index (κ1) is 22.4. The number of rotatable bonds is 10. The van der Waals surface area contributed by atoms with Crippen molar-refractivity contribution in [1.82, 2.24) is 14.9 Å². The molecule has 0 aliphatic rings. The Morgan fingerprint density at radius 3 is 2.42 bits per heavy atom. The largest absolute Gasteiger partial charge is 0.493 e. The van der Waals surface area contributed by atoms with Crippen LogP contribution in [0.25, 0.3) is 11.0 Å². The van der Waals surface area contributed by atoms with E-state index in [0.717, 1.165) is 46.7 Å². The average Bonchev–Trinajstić information content (AvgIpc) is 3.19. The SMILES string of the molecule is Cc1cccc(C)c1OCCCn1c(CNC(=O)COc2ccccc2)nc2ccccc21. The molecule has 1 aromatic heterocycles. The minimum absolute atomic E-state index is 0.0339. The van der Waals surface area contributed by atoms with Crippen molar-refractivity contribution < 1.29 is 14.3 Å². The molecule has 1 amide bonds. The second kappa shape index (κ2) is 10.7. The molecule has 170 valence electrons. The zero-order valence-electron chi connectivity index (χ0n) is 19.1. The average molecular weight is 444 g/mol. The summed E-state index contributed by atoms with van der Waals surface area (Å²) >= 11 is 0. The smallest absolute Gasteiger partial charge is 0.258 e. The van der Waals surface area contributed by atoms with Crippen molar-refractivity contribution in [2.45, 2.75) is 33.4 Å². The summed E-state index contributed by atoms with van der Waals surface area (Å²) in [5.41, 5.74) is 4.25. The van der Waals surface area contributed by atoms with Crippen LogP contribution in [0.15, 0.2) is 72.8 Å². The van der Waals surface area contributed by atoms with Gasteiger partial charge in [0.1, 0.15) is 17.3 Å². The minimum Gasteiger partial charge on any atom is -0.493 e. The van der Waals surface area contributed by atoms with Crippen LogP contribution in [0, 0.1) is 13.8 Å². The van der Waals surface area contributed by atoms with E-state index in [1.165, 1.54) is 0 Å². The predicted molar refractivity (Wildman–Crippen MR) is 130 cm³/mol. The third kappa shape index (κ3) is 5.71. The quantitative estimate of drug-likeness (QED) is 0.357. The van der Waals surface area contributed by atoms with Crippen molar-refractivity contribution >= 4 is 16.9 Å². The van der Waals surface area contributed by atoms with Crippen molar-refractivity contribution in [3.05, 3.63) is 89.7 Å². The van der Waals surface area contributed by atoms with E-state index in [2.05, 4.69) is 41.9 Å². The summed E-state index contributed by atoms with van der Waals surface area (Å²) in [6.45, 7) is 5.78. The topological polar surface area (TPSA) is 65.4 Å². The van der Waals surface area contributed by atoms with E-state index in [4.69, 9.17) is 14.5 Å². The van der Waals surface area contributed by atoms with E-state index >= 15 is 0 Å². The van der Waals surface area contributed by atoms with E-state index < -0.39 is 0 Å². The van der Waals surface area contributed by atoms with Gasteiger partial charge in [0.25, 0.3) is 5.91 Å². The van der Waals surface area contributed by atoms with Crippen LogP contribution in [-0.2, 0) is 17.9 Å². The van der Waals surface area contributed by atoms with Crippen molar-refractivity contribution in [3.63, 3.8) is 0 Å². The number of ether oxygens (including phenoxy) is 2. The molecular weight excluding hydrogens is 414 g/mol. The number of imidazole rings is 1. The summed E-state index contributed by atoms with van der Waals surface area (Å²) in [6, 6.07) is 23.5. The van der Waals surface area contributed by atoms with Gasteiger partial charge in [-0.15, -0.1) is 0 Å². The van der Waals surface area contributed by atoms with Gasteiger partial charge in [0.05, 0.1) is 24.2 Å². The molecule has 0 aliphatic heterocycles. The highest BCUT2D eigenvalue weighted by Crippen LogP contribution is 2.23. The van der Waals surface area contributed by atoms with Gasteiger partial charge >= 0.3 is 0 Å². The monoisotopic (exact) mass is 443 g/mol. The van der Waals surface area contributed by atoms with E-state index in [9.17, 15) is 4.79 Å². The van der Waals surface area contributed by atoms with Crippen LogP contribution in [0.1, 0.15) is 23.4 Å². The molecule has 0 spiro atoms. The Morgan fingerprint density at radius 2 is 1.64 bits per heavy atom. The molecule has 1 heterocycles. The second-order valence-electron chi connectivity index (χ2n) is 7.97. The number of hydrogen-bond donors (Lipinski definition) is 1. The Labute approximate surface area is 194 Å². The summed E-state index contributed by atoms with van der Waals surface area (Å²) in [4.78, 5) is 17.0. The zero-order chi connectivity index (χ0) is 23.0. The zero-order valence-corrected chi connectivity index (χ0v) is 19.1. The number of aryl methyl sites for hydroxylation is 3. The molecule has 6 heteroatoms. The summed E-state index contributed by atoms with van der Waals surface area (Å²) < 4.78 is 13.8. The fourth-order valence-electron chi connectivity index (χ4n) is 3.83.